The molecule has 1 aromatic carbocycles. The molecule has 1 aromatic rings. The number of benzene rings is 1. The summed E-state index contributed by atoms with van der Waals surface area (Å²) in [7, 11) is 1.53. The quantitative estimate of drug-likeness (QED) is 0.606. The van der Waals surface area contributed by atoms with Crippen LogP contribution in [0.25, 0.3) is 0 Å². The molecule has 0 amide bonds. The molecule has 0 saturated heterocycles. The lowest BCUT2D eigenvalue weighted by atomic mass is 10.1. The van der Waals surface area contributed by atoms with Crippen molar-refractivity contribution in [1.82, 2.24) is 0 Å². The Balaban J connectivity index is 3.01. The fourth-order valence-electron chi connectivity index (χ4n) is 1.44. The van der Waals surface area contributed by atoms with E-state index in [1.807, 2.05) is 13.0 Å². The molecule has 0 aliphatic rings. The second-order valence-electron chi connectivity index (χ2n) is 3.45. The van der Waals surface area contributed by atoms with Crippen molar-refractivity contribution in [1.29, 1.82) is 5.41 Å². The number of aliphatic hydroxyl groups is 1. The third-order valence-electron chi connectivity index (χ3n) is 2.23. The summed E-state index contributed by atoms with van der Waals surface area (Å²) >= 11 is 0. The Morgan fingerprint density at radius 3 is 2.75 bits per heavy atom. The van der Waals surface area contributed by atoms with E-state index >= 15 is 0 Å². The fraction of sp³-hybridized carbons (Fsp3) is 0.417. The van der Waals surface area contributed by atoms with Gasteiger partial charge >= 0.3 is 0 Å². The van der Waals surface area contributed by atoms with Crippen molar-refractivity contribution in [2.75, 3.05) is 13.7 Å². The predicted molar refractivity (Wildman–Crippen MR) is 62.0 cm³/mol. The van der Waals surface area contributed by atoms with Gasteiger partial charge in [-0.25, -0.2) is 0 Å². The van der Waals surface area contributed by atoms with Crippen molar-refractivity contribution < 1.29 is 14.6 Å². The number of rotatable bonds is 4. The minimum Gasteiger partial charge on any atom is -0.496 e. The Morgan fingerprint density at radius 2 is 2.19 bits per heavy atom. The smallest absolute Gasteiger partial charge is 0.215 e. The number of nitrogens with one attached hydrogen (secondary N) is 1. The lowest BCUT2D eigenvalue weighted by molar-refractivity contribution is 0.187. The summed E-state index contributed by atoms with van der Waals surface area (Å²) in [5.74, 6) is 0.397. The largest absolute Gasteiger partial charge is 0.496 e. The van der Waals surface area contributed by atoms with E-state index in [1.54, 1.807) is 19.1 Å². The molecular weight excluding hydrogens is 206 g/mol. The average Bonchev–Trinajstić information content (AvgIpc) is 2.28. The molecule has 4 nitrogen and oxygen atoms in total. The zero-order chi connectivity index (χ0) is 12.1. The Morgan fingerprint density at radius 1 is 1.50 bits per heavy atom. The van der Waals surface area contributed by atoms with Gasteiger partial charge in [-0.2, -0.15) is 0 Å². The average molecular weight is 223 g/mol. The normalized spacial score (nSPS) is 12.0. The van der Waals surface area contributed by atoms with Crippen LogP contribution in [0, 0.1) is 12.3 Å². The van der Waals surface area contributed by atoms with E-state index in [1.165, 1.54) is 7.11 Å². The van der Waals surface area contributed by atoms with E-state index < -0.39 is 6.10 Å². The van der Waals surface area contributed by atoms with E-state index in [-0.39, 0.29) is 5.90 Å². The third kappa shape index (κ3) is 2.73. The molecule has 2 N–H and O–H groups in total. The zero-order valence-electron chi connectivity index (χ0n) is 9.78. The van der Waals surface area contributed by atoms with Gasteiger partial charge in [-0.3, -0.25) is 5.41 Å². The fourth-order valence-corrected chi connectivity index (χ4v) is 1.44. The Bertz CT molecular complexity index is 377. The standard InChI is InChI=1S/C12H17NO3/c1-4-16-12(13)11(14)9-7-8(2)5-6-10(9)15-3/h5-7,11,13-14H,4H2,1-3H3/t11-/m1/s1. The van der Waals surface area contributed by atoms with Gasteiger partial charge < -0.3 is 14.6 Å². The van der Waals surface area contributed by atoms with Crippen LogP contribution in [0.15, 0.2) is 18.2 Å². The Kier molecular flexibility index (Phi) is 4.31. The van der Waals surface area contributed by atoms with Crippen molar-refractivity contribution in [2.24, 2.45) is 0 Å². The van der Waals surface area contributed by atoms with Crippen LogP contribution < -0.4 is 4.74 Å². The van der Waals surface area contributed by atoms with Crippen molar-refractivity contribution in [3.05, 3.63) is 29.3 Å². The number of ether oxygens (including phenoxy) is 2. The highest BCUT2D eigenvalue weighted by Gasteiger charge is 2.19. The summed E-state index contributed by atoms with van der Waals surface area (Å²) in [5.41, 5.74) is 1.56. The first-order valence-corrected chi connectivity index (χ1v) is 5.14. The second-order valence-corrected chi connectivity index (χ2v) is 3.45. The van der Waals surface area contributed by atoms with Crippen LogP contribution in [-0.2, 0) is 4.74 Å². The Labute approximate surface area is 95.3 Å². The molecular formula is C12H17NO3. The predicted octanol–water partition coefficient (Wildman–Crippen LogP) is 2.05. The summed E-state index contributed by atoms with van der Waals surface area (Å²) in [6, 6.07) is 5.45. The molecule has 88 valence electrons. The van der Waals surface area contributed by atoms with Gasteiger partial charge in [0.05, 0.1) is 13.7 Å². The van der Waals surface area contributed by atoms with Crippen molar-refractivity contribution in [2.45, 2.75) is 20.0 Å². The number of hydrogen-bond acceptors (Lipinski definition) is 4. The number of aliphatic hydroxyl groups excluding tert-OH is 1. The van der Waals surface area contributed by atoms with Crippen LogP contribution in [-0.4, -0.2) is 24.7 Å². The molecule has 0 aromatic heterocycles. The molecule has 0 saturated carbocycles. The van der Waals surface area contributed by atoms with Gasteiger partial charge in [-0.05, 0) is 26.0 Å². The highest BCUT2D eigenvalue weighted by atomic mass is 16.5. The molecule has 4 heteroatoms. The molecule has 0 spiro atoms. The molecule has 0 unspecified atom stereocenters. The highest BCUT2D eigenvalue weighted by Crippen LogP contribution is 2.27. The lowest BCUT2D eigenvalue weighted by Crippen LogP contribution is -2.15. The highest BCUT2D eigenvalue weighted by molar-refractivity contribution is 5.80. The summed E-state index contributed by atoms with van der Waals surface area (Å²) in [4.78, 5) is 0. The summed E-state index contributed by atoms with van der Waals surface area (Å²) < 4.78 is 10.1. The zero-order valence-corrected chi connectivity index (χ0v) is 9.78. The molecule has 1 atom stereocenters. The van der Waals surface area contributed by atoms with Gasteiger partial charge in [0.15, 0.2) is 6.10 Å². The van der Waals surface area contributed by atoms with Crippen molar-refractivity contribution >= 4 is 5.90 Å². The summed E-state index contributed by atoms with van der Waals surface area (Å²) in [6.07, 6.45) is -1.07. The Hall–Kier alpha value is -1.55. The molecule has 0 aliphatic carbocycles. The molecule has 0 fully saturated rings. The maximum Gasteiger partial charge on any atom is 0.215 e. The first kappa shape index (κ1) is 12.5. The van der Waals surface area contributed by atoms with E-state index in [2.05, 4.69) is 0 Å². The molecule has 0 heterocycles. The van der Waals surface area contributed by atoms with E-state index in [4.69, 9.17) is 14.9 Å². The second kappa shape index (κ2) is 5.51. The number of aryl methyl sites for hydroxylation is 1. The first-order chi connectivity index (χ1) is 7.60. The van der Waals surface area contributed by atoms with Crippen molar-refractivity contribution in [3.8, 4) is 5.75 Å². The van der Waals surface area contributed by atoms with Crippen LogP contribution in [0.4, 0.5) is 0 Å². The van der Waals surface area contributed by atoms with Crippen LogP contribution in [0.1, 0.15) is 24.2 Å². The van der Waals surface area contributed by atoms with Gasteiger partial charge in [0.2, 0.25) is 5.90 Å². The van der Waals surface area contributed by atoms with Gasteiger partial charge in [0, 0.05) is 5.56 Å². The van der Waals surface area contributed by atoms with Crippen LogP contribution >= 0.6 is 0 Å². The van der Waals surface area contributed by atoms with Gasteiger partial charge in [0.1, 0.15) is 5.75 Å². The van der Waals surface area contributed by atoms with Gasteiger partial charge in [0.25, 0.3) is 0 Å². The third-order valence-corrected chi connectivity index (χ3v) is 2.23. The lowest BCUT2D eigenvalue weighted by Gasteiger charge is -2.16. The molecule has 16 heavy (non-hydrogen) atoms. The first-order valence-electron chi connectivity index (χ1n) is 5.14. The molecule has 0 radical (unpaired) electrons. The maximum absolute atomic E-state index is 9.93. The van der Waals surface area contributed by atoms with Crippen LogP contribution in [0.2, 0.25) is 0 Å². The monoisotopic (exact) mass is 223 g/mol. The molecule has 0 bridgehead atoms. The SMILES string of the molecule is CCOC(=N)[C@H](O)c1cc(C)ccc1OC. The summed E-state index contributed by atoms with van der Waals surface area (Å²) in [5, 5.41) is 17.5. The molecule has 1 rings (SSSR count). The number of hydrogen-bond donors (Lipinski definition) is 2. The minimum atomic E-state index is -1.07. The van der Waals surface area contributed by atoms with Crippen molar-refractivity contribution in [3.63, 3.8) is 0 Å². The van der Waals surface area contributed by atoms with E-state index in [0.717, 1.165) is 5.56 Å². The topological polar surface area (TPSA) is 62.5 Å². The number of methoxy groups -OCH3 is 1. The summed E-state index contributed by atoms with van der Waals surface area (Å²) in [6.45, 7) is 4.05. The van der Waals surface area contributed by atoms with E-state index in [0.29, 0.717) is 17.9 Å². The van der Waals surface area contributed by atoms with Crippen LogP contribution in [0.3, 0.4) is 0 Å². The molecule has 0 aliphatic heterocycles. The van der Waals surface area contributed by atoms with Gasteiger partial charge in [-0.15, -0.1) is 0 Å². The van der Waals surface area contributed by atoms with Gasteiger partial charge in [-0.1, -0.05) is 11.6 Å². The van der Waals surface area contributed by atoms with Crippen LogP contribution in [0.5, 0.6) is 5.75 Å². The maximum atomic E-state index is 9.93. The minimum absolute atomic E-state index is 0.161. The van der Waals surface area contributed by atoms with E-state index in [9.17, 15) is 5.11 Å².